The molecular formula is C16H13ClFNO3. The third-order valence-corrected chi connectivity index (χ3v) is 3.20. The van der Waals surface area contributed by atoms with Crippen LogP contribution in [0.1, 0.15) is 21.5 Å². The van der Waals surface area contributed by atoms with Crippen LogP contribution >= 0.6 is 11.6 Å². The number of hydrogen-bond acceptors (Lipinski definition) is 4. The van der Waals surface area contributed by atoms with Crippen molar-refractivity contribution in [3.8, 4) is 0 Å². The number of nitrogens with zero attached hydrogens (tertiary/aromatic N) is 1. The maximum absolute atomic E-state index is 12.9. The van der Waals surface area contributed by atoms with Crippen LogP contribution in [0.5, 0.6) is 0 Å². The number of halogens is 2. The van der Waals surface area contributed by atoms with Crippen molar-refractivity contribution >= 4 is 23.8 Å². The van der Waals surface area contributed by atoms with Crippen molar-refractivity contribution < 1.29 is 18.8 Å². The fourth-order valence-corrected chi connectivity index (χ4v) is 1.89. The van der Waals surface area contributed by atoms with Gasteiger partial charge in [-0.2, -0.15) is 0 Å². The summed E-state index contributed by atoms with van der Waals surface area (Å²) in [6.45, 7) is 0.135. The van der Waals surface area contributed by atoms with Crippen molar-refractivity contribution in [3.63, 3.8) is 0 Å². The number of ether oxygens (including phenoxy) is 1. The summed E-state index contributed by atoms with van der Waals surface area (Å²) in [6.07, 6.45) is 1.50. The van der Waals surface area contributed by atoms with E-state index >= 15 is 0 Å². The first-order valence-electron chi connectivity index (χ1n) is 6.38. The Balaban J connectivity index is 1.91. The van der Waals surface area contributed by atoms with Crippen LogP contribution in [0.3, 0.4) is 0 Å². The van der Waals surface area contributed by atoms with Crippen LogP contribution in [-0.4, -0.2) is 19.3 Å². The lowest BCUT2D eigenvalue weighted by molar-refractivity contribution is 0.0600. The van der Waals surface area contributed by atoms with Crippen LogP contribution in [0, 0.1) is 5.82 Å². The molecule has 0 aromatic heterocycles. The number of esters is 1. The summed E-state index contributed by atoms with van der Waals surface area (Å²) >= 11 is 5.87. The van der Waals surface area contributed by atoms with Crippen LogP contribution in [-0.2, 0) is 16.2 Å². The molecule has 2 rings (SSSR count). The zero-order valence-electron chi connectivity index (χ0n) is 11.8. The van der Waals surface area contributed by atoms with Crippen molar-refractivity contribution in [2.24, 2.45) is 5.16 Å². The molecule has 0 spiro atoms. The minimum atomic E-state index is -0.400. The standard InChI is InChI=1S/C16H13ClFNO3/c1-21-16(20)12-4-2-11(3-5-12)9-19-22-10-13-6-7-14(18)8-15(13)17/h2-9H,10H2,1H3/b19-9+. The van der Waals surface area contributed by atoms with Gasteiger partial charge in [0, 0.05) is 5.56 Å². The molecule has 0 fully saturated rings. The normalized spacial score (nSPS) is 10.7. The number of hydrogen-bond donors (Lipinski definition) is 0. The Morgan fingerprint density at radius 2 is 2.00 bits per heavy atom. The quantitative estimate of drug-likeness (QED) is 0.478. The van der Waals surface area contributed by atoms with Gasteiger partial charge < -0.3 is 9.57 Å². The molecule has 114 valence electrons. The third kappa shape index (κ3) is 4.30. The highest BCUT2D eigenvalue weighted by molar-refractivity contribution is 6.31. The highest BCUT2D eigenvalue weighted by atomic mass is 35.5. The summed E-state index contributed by atoms with van der Waals surface area (Å²) in [5, 5.41) is 4.09. The second-order valence-electron chi connectivity index (χ2n) is 4.36. The Labute approximate surface area is 132 Å². The zero-order valence-corrected chi connectivity index (χ0v) is 12.5. The molecule has 0 atom stereocenters. The summed E-state index contributed by atoms with van der Waals surface area (Å²) < 4.78 is 17.5. The minimum Gasteiger partial charge on any atom is -0.465 e. The lowest BCUT2D eigenvalue weighted by Crippen LogP contribution is -2.00. The first kappa shape index (κ1) is 16.0. The molecule has 0 saturated heterocycles. The fourth-order valence-electron chi connectivity index (χ4n) is 1.67. The summed E-state index contributed by atoms with van der Waals surface area (Å²) in [4.78, 5) is 16.4. The molecule has 0 N–H and O–H groups in total. The van der Waals surface area contributed by atoms with Crippen LogP contribution < -0.4 is 0 Å². The van der Waals surface area contributed by atoms with E-state index in [4.69, 9.17) is 16.4 Å². The van der Waals surface area contributed by atoms with Gasteiger partial charge in [-0.25, -0.2) is 9.18 Å². The van der Waals surface area contributed by atoms with E-state index < -0.39 is 11.8 Å². The third-order valence-electron chi connectivity index (χ3n) is 2.84. The Morgan fingerprint density at radius 3 is 2.64 bits per heavy atom. The van der Waals surface area contributed by atoms with Gasteiger partial charge in [-0.3, -0.25) is 0 Å². The van der Waals surface area contributed by atoms with Crippen molar-refractivity contribution in [2.75, 3.05) is 7.11 Å². The number of methoxy groups -OCH3 is 1. The first-order chi connectivity index (χ1) is 10.6. The smallest absolute Gasteiger partial charge is 0.337 e. The number of carbonyl (C=O) groups is 1. The molecule has 0 heterocycles. The summed E-state index contributed by atoms with van der Waals surface area (Å²) in [7, 11) is 1.33. The predicted molar refractivity (Wildman–Crippen MR) is 81.6 cm³/mol. The lowest BCUT2D eigenvalue weighted by Gasteiger charge is -2.03. The van der Waals surface area contributed by atoms with Crippen LogP contribution in [0.25, 0.3) is 0 Å². The average Bonchev–Trinajstić information content (AvgIpc) is 2.53. The van der Waals surface area contributed by atoms with Crippen molar-refractivity contribution in [3.05, 3.63) is 70.0 Å². The van der Waals surface area contributed by atoms with Crippen molar-refractivity contribution in [2.45, 2.75) is 6.61 Å². The van der Waals surface area contributed by atoms with Gasteiger partial charge in [-0.15, -0.1) is 0 Å². The molecule has 0 unspecified atom stereocenters. The van der Waals surface area contributed by atoms with E-state index in [0.717, 1.165) is 5.56 Å². The molecule has 0 amide bonds. The van der Waals surface area contributed by atoms with E-state index in [1.165, 1.54) is 25.5 Å². The SMILES string of the molecule is COC(=O)c1ccc(/C=N/OCc2ccc(F)cc2Cl)cc1. The number of benzene rings is 2. The molecule has 0 aliphatic rings. The molecule has 0 radical (unpaired) electrons. The number of carbonyl (C=O) groups excluding carboxylic acids is 1. The molecule has 0 aliphatic carbocycles. The summed E-state index contributed by atoms with van der Waals surface area (Å²) in [5.41, 5.74) is 1.86. The molecule has 0 aliphatic heterocycles. The van der Waals surface area contributed by atoms with E-state index in [-0.39, 0.29) is 11.6 Å². The van der Waals surface area contributed by atoms with E-state index in [9.17, 15) is 9.18 Å². The molecule has 2 aromatic carbocycles. The largest absolute Gasteiger partial charge is 0.465 e. The fraction of sp³-hybridized carbons (Fsp3) is 0.125. The Morgan fingerprint density at radius 1 is 1.27 bits per heavy atom. The van der Waals surface area contributed by atoms with Gasteiger partial charge >= 0.3 is 5.97 Å². The molecule has 6 heteroatoms. The zero-order chi connectivity index (χ0) is 15.9. The summed E-state index contributed by atoms with van der Waals surface area (Å²) in [6, 6.07) is 10.7. The Hall–Kier alpha value is -2.40. The van der Waals surface area contributed by atoms with Gasteiger partial charge in [-0.1, -0.05) is 35.0 Å². The Kier molecular flexibility index (Phi) is 5.49. The van der Waals surface area contributed by atoms with Gasteiger partial charge in [0.1, 0.15) is 12.4 Å². The average molecular weight is 322 g/mol. The van der Waals surface area contributed by atoms with E-state index in [1.54, 1.807) is 30.3 Å². The predicted octanol–water partition coefficient (Wildman–Crippen LogP) is 3.82. The monoisotopic (exact) mass is 321 g/mol. The van der Waals surface area contributed by atoms with E-state index in [2.05, 4.69) is 9.89 Å². The van der Waals surface area contributed by atoms with Gasteiger partial charge in [0.2, 0.25) is 0 Å². The van der Waals surface area contributed by atoms with Gasteiger partial charge in [0.05, 0.1) is 23.9 Å². The second-order valence-corrected chi connectivity index (χ2v) is 4.76. The number of oxime groups is 1. The van der Waals surface area contributed by atoms with E-state index in [0.29, 0.717) is 11.1 Å². The molecule has 22 heavy (non-hydrogen) atoms. The second kappa shape index (κ2) is 7.56. The molecule has 0 bridgehead atoms. The maximum atomic E-state index is 12.9. The van der Waals surface area contributed by atoms with Crippen molar-refractivity contribution in [1.82, 2.24) is 0 Å². The summed E-state index contributed by atoms with van der Waals surface area (Å²) in [5.74, 6) is -0.798. The Bertz CT molecular complexity index is 686. The van der Waals surface area contributed by atoms with E-state index in [1.807, 2.05) is 0 Å². The molecular weight excluding hydrogens is 309 g/mol. The van der Waals surface area contributed by atoms with Gasteiger partial charge in [0.25, 0.3) is 0 Å². The molecule has 4 nitrogen and oxygen atoms in total. The van der Waals surface area contributed by atoms with Gasteiger partial charge in [0.15, 0.2) is 0 Å². The minimum absolute atomic E-state index is 0.135. The maximum Gasteiger partial charge on any atom is 0.337 e. The molecule has 2 aromatic rings. The highest BCUT2D eigenvalue weighted by Gasteiger charge is 2.04. The van der Waals surface area contributed by atoms with Crippen LogP contribution in [0.4, 0.5) is 4.39 Å². The lowest BCUT2D eigenvalue weighted by atomic mass is 10.1. The highest BCUT2D eigenvalue weighted by Crippen LogP contribution is 2.18. The molecule has 0 saturated carbocycles. The van der Waals surface area contributed by atoms with Gasteiger partial charge in [-0.05, 0) is 29.8 Å². The first-order valence-corrected chi connectivity index (χ1v) is 6.75. The number of rotatable bonds is 5. The van der Waals surface area contributed by atoms with Crippen LogP contribution in [0.15, 0.2) is 47.6 Å². The topological polar surface area (TPSA) is 47.9 Å². The van der Waals surface area contributed by atoms with Crippen molar-refractivity contribution in [1.29, 1.82) is 0 Å². The van der Waals surface area contributed by atoms with Crippen LogP contribution in [0.2, 0.25) is 5.02 Å².